The fraction of sp³-hybridized carbons (Fsp3) is 1.00. The number of likely N-dealkylation sites (N-methyl/N-ethyl adjacent to an activating group) is 1. The van der Waals surface area contributed by atoms with E-state index >= 15 is 0 Å². The minimum absolute atomic E-state index is 0.544. The van der Waals surface area contributed by atoms with Crippen molar-refractivity contribution < 1.29 is 26.6 Å². The second-order valence-electron chi connectivity index (χ2n) is 5.33. The second kappa shape index (κ2) is 12.5. The lowest BCUT2D eigenvalue weighted by molar-refractivity contribution is 0.0819. The van der Waals surface area contributed by atoms with Gasteiger partial charge in [0.05, 0.1) is 12.3 Å². The molecule has 0 aromatic heterocycles. The predicted octanol–water partition coefficient (Wildman–Crippen LogP) is 0.465. The Kier molecular flexibility index (Phi) is 12.5. The number of hydrogen-bond donors (Lipinski definition) is 0. The van der Waals surface area contributed by atoms with Crippen LogP contribution >= 0.6 is 0 Å². The SMILES string of the molecule is CCN(CC)CCN(C[Si](OC)(OC)OC)C[Si](OC)(OC)OC. The van der Waals surface area contributed by atoms with E-state index in [0.29, 0.717) is 12.3 Å². The van der Waals surface area contributed by atoms with E-state index in [0.717, 1.165) is 26.2 Å². The maximum absolute atomic E-state index is 5.57. The van der Waals surface area contributed by atoms with Crippen LogP contribution in [0.25, 0.3) is 0 Å². The Morgan fingerprint density at radius 2 is 0.833 bits per heavy atom. The van der Waals surface area contributed by atoms with E-state index in [4.69, 9.17) is 26.6 Å². The van der Waals surface area contributed by atoms with Crippen molar-refractivity contribution in [3.63, 3.8) is 0 Å². The van der Waals surface area contributed by atoms with Crippen LogP contribution in [0.5, 0.6) is 0 Å². The van der Waals surface area contributed by atoms with E-state index in [9.17, 15) is 0 Å². The largest absolute Gasteiger partial charge is 0.514 e. The molecule has 0 aliphatic carbocycles. The van der Waals surface area contributed by atoms with E-state index in [2.05, 4.69) is 23.6 Å². The highest BCUT2D eigenvalue weighted by atomic mass is 28.4. The fourth-order valence-corrected chi connectivity index (χ4v) is 6.11. The van der Waals surface area contributed by atoms with E-state index in [1.54, 1.807) is 42.7 Å². The summed E-state index contributed by atoms with van der Waals surface area (Å²) in [7, 11) is 4.23. The van der Waals surface area contributed by atoms with Crippen LogP contribution in [-0.4, -0.2) is 109 Å². The molecule has 0 aliphatic heterocycles. The third-order valence-corrected chi connectivity index (χ3v) is 9.73. The number of hydrogen-bond acceptors (Lipinski definition) is 8. The maximum atomic E-state index is 5.57. The molecule has 8 nitrogen and oxygen atoms in total. The van der Waals surface area contributed by atoms with Gasteiger partial charge in [0, 0.05) is 55.7 Å². The Morgan fingerprint density at radius 1 is 0.542 bits per heavy atom. The summed E-state index contributed by atoms with van der Waals surface area (Å²) in [5.74, 6) is 0. The van der Waals surface area contributed by atoms with Crippen molar-refractivity contribution in [2.24, 2.45) is 0 Å². The lowest BCUT2D eigenvalue weighted by Crippen LogP contribution is -2.60. The average molecular weight is 385 g/mol. The Bertz CT molecular complexity index is 277. The average Bonchev–Trinajstić information content (AvgIpc) is 2.64. The summed E-state index contributed by atoms with van der Waals surface area (Å²) >= 11 is 0. The normalized spacial score (nSPS) is 13.2. The van der Waals surface area contributed by atoms with Crippen molar-refractivity contribution in [3.05, 3.63) is 0 Å². The van der Waals surface area contributed by atoms with Crippen LogP contribution < -0.4 is 0 Å². The Hall–Kier alpha value is 0.114. The van der Waals surface area contributed by atoms with E-state index in [1.807, 2.05) is 0 Å². The van der Waals surface area contributed by atoms with Gasteiger partial charge in [-0.2, -0.15) is 0 Å². The van der Waals surface area contributed by atoms with Gasteiger partial charge in [-0.05, 0) is 13.1 Å². The lowest BCUT2D eigenvalue weighted by Gasteiger charge is -2.36. The van der Waals surface area contributed by atoms with Gasteiger partial charge in [0.25, 0.3) is 0 Å². The highest BCUT2D eigenvalue weighted by Gasteiger charge is 2.45. The molecule has 146 valence electrons. The van der Waals surface area contributed by atoms with Crippen molar-refractivity contribution in [2.45, 2.75) is 13.8 Å². The molecule has 0 aliphatic rings. The number of nitrogens with zero attached hydrogens (tertiary/aromatic N) is 2. The van der Waals surface area contributed by atoms with Gasteiger partial charge >= 0.3 is 17.6 Å². The first-order valence-electron chi connectivity index (χ1n) is 8.19. The van der Waals surface area contributed by atoms with Crippen LogP contribution in [0.4, 0.5) is 0 Å². The summed E-state index contributed by atoms with van der Waals surface area (Å²) in [4.78, 5) is 4.56. The highest BCUT2D eigenvalue weighted by Crippen LogP contribution is 2.14. The van der Waals surface area contributed by atoms with Crippen molar-refractivity contribution in [2.75, 3.05) is 81.2 Å². The van der Waals surface area contributed by atoms with Crippen LogP contribution in [0.15, 0.2) is 0 Å². The topological polar surface area (TPSA) is 61.9 Å². The molecule has 10 heteroatoms. The van der Waals surface area contributed by atoms with Crippen molar-refractivity contribution in [3.8, 4) is 0 Å². The van der Waals surface area contributed by atoms with E-state index in [-0.39, 0.29) is 0 Å². The Balaban J connectivity index is 5.19. The molecular weight excluding hydrogens is 348 g/mol. The molecule has 0 aromatic carbocycles. The van der Waals surface area contributed by atoms with Gasteiger partial charge in [-0.3, -0.25) is 4.90 Å². The molecule has 0 bridgehead atoms. The molecular formula is C14H36N2O6Si2. The minimum atomic E-state index is -2.75. The molecule has 0 spiro atoms. The molecule has 0 aromatic rings. The molecule has 0 rings (SSSR count). The minimum Gasteiger partial charge on any atom is -0.376 e. The summed E-state index contributed by atoms with van der Waals surface area (Å²) < 4.78 is 33.4. The molecule has 0 fully saturated rings. The van der Waals surface area contributed by atoms with Crippen molar-refractivity contribution in [1.82, 2.24) is 9.80 Å². The molecule has 0 atom stereocenters. The molecule has 24 heavy (non-hydrogen) atoms. The van der Waals surface area contributed by atoms with E-state index in [1.165, 1.54) is 0 Å². The quantitative estimate of drug-likeness (QED) is 0.378. The van der Waals surface area contributed by atoms with E-state index < -0.39 is 17.6 Å². The highest BCUT2D eigenvalue weighted by molar-refractivity contribution is 6.62. The van der Waals surface area contributed by atoms with Crippen LogP contribution in [-0.2, 0) is 26.6 Å². The van der Waals surface area contributed by atoms with Crippen LogP contribution in [0.1, 0.15) is 13.8 Å². The zero-order chi connectivity index (χ0) is 18.6. The van der Waals surface area contributed by atoms with Gasteiger partial charge in [0.15, 0.2) is 0 Å². The number of rotatable bonds is 15. The molecule has 0 amide bonds. The third-order valence-electron chi connectivity index (χ3n) is 4.33. The van der Waals surface area contributed by atoms with Gasteiger partial charge < -0.3 is 31.5 Å². The molecule has 0 unspecified atom stereocenters. The standard InChI is InChI=1S/C14H36N2O6Si2/c1-9-15(10-2)11-12-16(13-23(17-3,18-4)19-5)14-24(20-6,21-7)22-8/h9-14H2,1-8H3. The van der Waals surface area contributed by atoms with Crippen molar-refractivity contribution in [1.29, 1.82) is 0 Å². The fourth-order valence-electron chi connectivity index (χ4n) is 2.47. The van der Waals surface area contributed by atoms with Gasteiger partial charge in [-0.25, -0.2) is 0 Å². The van der Waals surface area contributed by atoms with Crippen molar-refractivity contribution >= 4 is 17.6 Å². The summed E-state index contributed by atoms with van der Waals surface area (Å²) in [5, 5.41) is 0. The molecule has 0 saturated heterocycles. The van der Waals surface area contributed by atoms with Gasteiger partial charge in [-0.1, -0.05) is 13.8 Å². The molecule has 0 radical (unpaired) electrons. The maximum Gasteiger partial charge on any atom is 0.514 e. The summed E-state index contributed by atoms with van der Waals surface area (Å²) in [5.41, 5.74) is 0. The second-order valence-corrected chi connectivity index (χ2v) is 11.1. The smallest absolute Gasteiger partial charge is 0.376 e. The van der Waals surface area contributed by atoms with Gasteiger partial charge in [0.1, 0.15) is 0 Å². The summed E-state index contributed by atoms with van der Waals surface area (Å²) in [6.07, 6.45) is 1.09. The zero-order valence-electron chi connectivity index (χ0n) is 16.6. The van der Waals surface area contributed by atoms with Crippen LogP contribution in [0.2, 0.25) is 0 Å². The van der Waals surface area contributed by atoms with Gasteiger partial charge in [-0.15, -0.1) is 0 Å². The van der Waals surface area contributed by atoms with Crippen LogP contribution in [0.3, 0.4) is 0 Å². The van der Waals surface area contributed by atoms with Gasteiger partial charge in [0.2, 0.25) is 0 Å². The molecule has 0 saturated carbocycles. The summed E-state index contributed by atoms with van der Waals surface area (Å²) in [6.45, 7) is 8.07. The predicted molar refractivity (Wildman–Crippen MR) is 97.8 cm³/mol. The first-order chi connectivity index (χ1) is 11.4. The zero-order valence-corrected chi connectivity index (χ0v) is 18.6. The summed E-state index contributed by atoms with van der Waals surface area (Å²) in [6, 6.07) is 0. The molecule has 0 heterocycles. The first kappa shape index (κ1) is 24.1. The third kappa shape index (κ3) is 7.16. The Labute approximate surface area is 149 Å². The lowest BCUT2D eigenvalue weighted by atomic mass is 10.4. The Morgan fingerprint density at radius 3 is 1.08 bits per heavy atom. The molecule has 0 N–H and O–H groups in total. The monoisotopic (exact) mass is 384 g/mol. The van der Waals surface area contributed by atoms with Crippen LogP contribution in [0, 0.1) is 0 Å². The first-order valence-corrected chi connectivity index (χ1v) is 12.1.